The number of nitrogens with one attached hydrogen (secondary N) is 1. The van der Waals surface area contributed by atoms with Gasteiger partial charge < -0.3 is 11.1 Å². The molecule has 0 aromatic heterocycles. The molecule has 0 radical (unpaired) electrons. The van der Waals surface area contributed by atoms with Crippen LogP contribution in [-0.2, 0) is 0 Å². The van der Waals surface area contributed by atoms with Crippen LogP contribution in [0.25, 0.3) is 0 Å². The Morgan fingerprint density at radius 2 is 2.12 bits per heavy atom. The zero-order valence-corrected chi connectivity index (χ0v) is 10.5. The Bertz CT molecular complexity index is 406. The van der Waals surface area contributed by atoms with E-state index in [0.717, 1.165) is 12.5 Å². The lowest BCUT2D eigenvalue weighted by atomic mass is 10.0. The summed E-state index contributed by atoms with van der Waals surface area (Å²) in [6.45, 7) is 6.05. The molecule has 0 spiro atoms. The monoisotopic (exact) mass is 238 g/mol. The van der Waals surface area contributed by atoms with Crippen LogP contribution in [0.2, 0.25) is 0 Å². The molecule has 4 heteroatoms. The molecule has 0 bridgehead atoms. The van der Waals surface area contributed by atoms with Crippen molar-refractivity contribution in [2.75, 3.05) is 5.73 Å². The third-order valence-corrected chi connectivity index (χ3v) is 3.12. The molecule has 0 fully saturated rings. The van der Waals surface area contributed by atoms with Crippen molar-refractivity contribution < 1.29 is 9.18 Å². The van der Waals surface area contributed by atoms with E-state index in [0.29, 0.717) is 11.6 Å². The van der Waals surface area contributed by atoms with Crippen LogP contribution in [-0.4, -0.2) is 11.9 Å². The van der Waals surface area contributed by atoms with Gasteiger partial charge in [-0.3, -0.25) is 4.79 Å². The average Bonchev–Trinajstić information content (AvgIpc) is 2.30. The van der Waals surface area contributed by atoms with Gasteiger partial charge in [0.05, 0.1) is 5.56 Å². The first-order valence-corrected chi connectivity index (χ1v) is 5.81. The van der Waals surface area contributed by atoms with E-state index < -0.39 is 5.82 Å². The molecule has 1 amide bonds. The Labute approximate surface area is 101 Å². The molecule has 1 aromatic carbocycles. The quantitative estimate of drug-likeness (QED) is 0.792. The zero-order valence-electron chi connectivity index (χ0n) is 10.5. The minimum Gasteiger partial charge on any atom is -0.398 e. The second-order valence-electron chi connectivity index (χ2n) is 4.38. The Morgan fingerprint density at radius 3 is 2.71 bits per heavy atom. The van der Waals surface area contributed by atoms with Gasteiger partial charge in [0.1, 0.15) is 5.82 Å². The van der Waals surface area contributed by atoms with Crippen molar-refractivity contribution >= 4 is 11.6 Å². The van der Waals surface area contributed by atoms with Crippen LogP contribution >= 0.6 is 0 Å². The maximum atomic E-state index is 13.0. The standard InChI is InChI=1S/C13H19FN2O/c1-4-8(2)9(3)16-13(17)11-7-10(14)5-6-12(11)15/h5-9H,4,15H2,1-3H3,(H,16,17). The molecule has 1 rings (SSSR count). The Hall–Kier alpha value is -1.58. The van der Waals surface area contributed by atoms with E-state index in [2.05, 4.69) is 19.2 Å². The highest BCUT2D eigenvalue weighted by Gasteiger charge is 2.16. The number of nitrogens with two attached hydrogens (primary N) is 1. The van der Waals surface area contributed by atoms with Crippen molar-refractivity contribution in [2.24, 2.45) is 5.92 Å². The van der Waals surface area contributed by atoms with Gasteiger partial charge in [-0.15, -0.1) is 0 Å². The Balaban J connectivity index is 2.79. The number of benzene rings is 1. The lowest BCUT2D eigenvalue weighted by molar-refractivity contribution is 0.0928. The van der Waals surface area contributed by atoms with Gasteiger partial charge in [0, 0.05) is 11.7 Å². The minimum atomic E-state index is -0.458. The number of hydrogen-bond donors (Lipinski definition) is 2. The molecule has 0 aliphatic carbocycles. The van der Waals surface area contributed by atoms with Gasteiger partial charge in [0.2, 0.25) is 0 Å². The molecule has 2 unspecified atom stereocenters. The predicted octanol–water partition coefficient (Wildman–Crippen LogP) is 2.57. The number of rotatable bonds is 4. The van der Waals surface area contributed by atoms with Gasteiger partial charge in [-0.1, -0.05) is 20.3 Å². The number of anilines is 1. The van der Waals surface area contributed by atoms with Crippen molar-refractivity contribution in [1.82, 2.24) is 5.32 Å². The largest absolute Gasteiger partial charge is 0.398 e. The number of carbonyl (C=O) groups is 1. The fourth-order valence-electron chi connectivity index (χ4n) is 1.51. The molecule has 0 aliphatic heterocycles. The SMILES string of the molecule is CCC(C)C(C)NC(=O)c1cc(F)ccc1N. The van der Waals surface area contributed by atoms with E-state index in [1.807, 2.05) is 6.92 Å². The summed E-state index contributed by atoms with van der Waals surface area (Å²) in [4.78, 5) is 11.9. The van der Waals surface area contributed by atoms with Gasteiger partial charge in [-0.2, -0.15) is 0 Å². The van der Waals surface area contributed by atoms with Crippen LogP contribution in [0.4, 0.5) is 10.1 Å². The van der Waals surface area contributed by atoms with Crippen LogP contribution in [0.5, 0.6) is 0 Å². The molecule has 0 heterocycles. The topological polar surface area (TPSA) is 55.1 Å². The number of carbonyl (C=O) groups excluding carboxylic acids is 1. The van der Waals surface area contributed by atoms with E-state index in [1.165, 1.54) is 12.1 Å². The molecule has 3 N–H and O–H groups in total. The van der Waals surface area contributed by atoms with Crippen molar-refractivity contribution in [2.45, 2.75) is 33.2 Å². The molecular formula is C13H19FN2O. The number of nitrogen functional groups attached to an aromatic ring is 1. The van der Waals surface area contributed by atoms with Gasteiger partial charge in [-0.25, -0.2) is 4.39 Å². The van der Waals surface area contributed by atoms with Crippen molar-refractivity contribution in [1.29, 1.82) is 0 Å². The summed E-state index contributed by atoms with van der Waals surface area (Å²) in [7, 11) is 0. The molecule has 94 valence electrons. The molecule has 0 aliphatic rings. The number of halogens is 1. The highest BCUT2D eigenvalue weighted by Crippen LogP contribution is 2.14. The smallest absolute Gasteiger partial charge is 0.253 e. The van der Waals surface area contributed by atoms with Crippen LogP contribution in [0, 0.1) is 11.7 Å². The Kier molecular flexibility index (Phi) is 4.49. The van der Waals surface area contributed by atoms with E-state index in [9.17, 15) is 9.18 Å². The van der Waals surface area contributed by atoms with Crippen LogP contribution in [0.15, 0.2) is 18.2 Å². The fourth-order valence-corrected chi connectivity index (χ4v) is 1.51. The van der Waals surface area contributed by atoms with E-state index in [-0.39, 0.29) is 17.5 Å². The van der Waals surface area contributed by atoms with E-state index in [1.54, 1.807) is 0 Å². The summed E-state index contributed by atoms with van der Waals surface area (Å²) in [5.41, 5.74) is 6.13. The normalized spacial score (nSPS) is 14.1. The first kappa shape index (κ1) is 13.5. The number of amides is 1. The van der Waals surface area contributed by atoms with Gasteiger partial charge in [-0.05, 0) is 31.0 Å². The molecule has 0 saturated heterocycles. The summed E-state index contributed by atoms with van der Waals surface area (Å²) in [5.74, 6) is -0.413. The third-order valence-electron chi connectivity index (χ3n) is 3.12. The molecule has 0 saturated carbocycles. The third kappa shape index (κ3) is 3.44. The second kappa shape index (κ2) is 5.66. The van der Waals surface area contributed by atoms with Gasteiger partial charge >= 0.3 is 0 Å². The summed E-state index contributed by atoms with van der Waals surface area (Å²) < 4.78 is 13.0. The average molecular weight is 238 g/mol. The molecule has 3 nitrogen and oxygen atoms in total. The lowest BCUT2D eigenvalue weighted by Gasteiger charge is -2.20. The molecule has 17 heavy (non-hydrogen) atoms. The summed E-state index contributed by atoms with van der Waals surface area (Å²) >= 11 is 0. The van der Waals surface area contributed by atoms with Crippen LogP contribution in [0.1, 0.15) is 37.6 Å². The molecule has 2 atom stereocenters. The highest BCUT2D eigenvalue weighted by molar-refractivity contribution is 5.99. The van der Waals surface area contributed by atoms with Crippen molar-refractivity contribution in [3.05, 3.63) is 29.6 Å². The van der Waals surface area contributed by atoms with Crippen LogP contribution in [0.3, 0.4) is 0 Å². The fraction of sp³-hybridized carbons (Fsp3) is 0.462. The Morgan fingerprint density at radius 1 is 1.47 bits per heavy atom. The maximum Gasteiger partial charge on any atom is 0.253 e. The van der Waals surface area contributed by atoms with Gasteiger partial charge in [0.25, 0.3) is 5.91 Å². The summed E-state index contributed by atoms with van der Waals surface area (Å²) in [5, 5.41) is 2.83. The first-order chi connectivity index (χ1) is 7.95. The highest BCUT2D eigenvalue weighted by atomic mass is 19.1. The van der Waals surface area contributed by atoms with E-state index in [4.69, 9.17) is 5.73 Å². The lowest BCUT2D eigenvalue weighted by Crippen LogP contribution is -2.37. The minimum absolute atomic E-state index is 0.0372. The molecule has 1 aromatic rings. The zero-order chi connectivity index (χ0) is 13.0. The maximum absolute atomic E-state index is 13.0. The summed E-state index contributed by atoms with van der Waals surface area (Å²) in [6, 6.07) is 3.84. The van der Waals surface area contributed by atoms with Gasteiger partial charge in [0.15, 0.2) is 0 Å². The van der Waals surface area contributed by atoms with Crippen molar-refractivity contribution in [3.63, 3.8) is 0 Å². The number of hydrogen-bond acceptors (Lipinski definition) is 2. The van der Waals surface area contributed by atoms with E-state index >= 15 is 0 Å². The van der Waals surface area contributed by atoms with Crippen molar-refractivity contribution in [3.8, 4) is 0 Å². The second-order valence-corrected chi connectivity index (χ2v) is 4.38. The molecular weight excluding hydrogens is 219 g/mol. The first-order valence-electron chi connectivity index (χ1n) is 5.81. The summed E-state index contributed by atoms with van der Waals surface area (Å²) in [6.07, 6.45) is 0.972. The predicted molar refractivity (Wildman–Crippen MR) is 67.2 cm³/mol. The van der Waals surface area contributed by atoms with Crippen LogP contribution < -0.4 is 11.1 Å².